The molecule has 0 aliphatic rings. The minimum Gasteiger partial charge on any atom is -0.458 e. The highest BCUT2D eigenvalue weighted by Crippen LogP contribution is 2.34. The lowest BCUT2D eigenvalue weighted by molar-refractivity contribution is 0.523. The van der Waals surface area contributed by atoms with Crippen LogP contribution in [0.2, 0.25) is 5.02 Å². The summed E-state index contributed by atoms with van der Waals surface area (Å²) in [6.45, 7) is 5.04. The lowest BCUT2D eigenvalue weighted by Crippen LogP contribution is -2.06. The summed E-state index contributed by atoms with van der Waals surface area (Å²) in [5.74, 6) is 1.01. The fourth-order valence-corrected chi connectivity index (χ4v) is 2.47. The molecule has 0 bridgehead atoms. The van der Waals surface area contributed by atoms with E-state index in [1.165, 1.54) is 16.5 Å². The molecule has 92 valence electrons. The molecule has 2 nitrogen and oxygen atoms in total. The fourth-order valence-electron chi connectivity index (χ4n) is 2.27. The number of rotatable bonds is 4. The zero-order valence-electron chi connectivity index (χ0n) is 10.6. The fraction of sp³-hybridized carbons (Fsp3) is 0.429. The molecule has 0 saturated heterocycles. The predicted molar refractivity (Wildman–Crippen MR) is 72.7 cm³/mol. The second-order valence-electron chi connectivity index (χ2n) is 4.35. The van der Waals surface area contributed by atoms with Crippen LogP contribution in [0.3, 0.4) is 0 Å². The molecule has 0 aliphatic heterocycles. The van der Waals surface area contributed by atoms with Crippen molar-refractivity contribution in [1.82, 2.24) is 5.32 Å². The van der Waals surface area contributed by atoms with E-state index in [0.717, 1.165) is 30.7 Å². The molecule has 2 rings (SSSR count). The average Bonchev–Trinajstić information content (AvgIpc) is 2.66. The van der Waals surface area contributed by atoms with Gasteiger partial charge in [0.15, 0.2) is 5.58 Å². The molecule has 0 aliphatic carbocycles. The van der Waals surface area contributed by atoms with Crippen molar-refractivity contribution in [3.8, 4) is 0 Å². The van der Waals surface area contributed by atoms with Gasteiger partial charge in [0, 0.05) is 10.9 Å². The SMILES string of the molecule is CCCc1c(CNC)oc2c(Cl)ccc(C)c12. The lowest BCUT2D eigenvalue weighted by Gasteiger charge is -2.02. The summed E-state index contributed by atoms with van der Waals surface area (Å²) in [6.07, 6.45) is 2.14. The Balaban J connectivity index is 2.70. The van der Waals surface area contributed by atoms with Crippen LogP contribution in [0.4, 0.5) is 0 Å². The molecule has 0 radical (unpaired) electrons. The molecule has 1 heterocycles. The largest absolute Gasteiger partial charge is 0.458 e. The molecule has 0 spiro atoms. The van der Waals surface area contributed by atoms with E-state index in [9.17, 15) is 0 Å². The topological polar surface area (TPSA) is 25.2 Å². The Morgan fingerprint density at radius 3 is 2.76 bits per heavy atom. The van der Waals surface area contributed by atoms with Gasteiger partial charge in [0.05, 0.1) is 11.6 Å². The van der Waals surface area contributed by atoms with Gasteiger partial charge in [-0.15, -0.1) is 0 Å². The molecule has 0 saturated carbocycles. The average molecular weight is 252 g/mol. The van der Waals surface area contributed by atoms with Crippen LogP contribution >= 0.6 is 11.6 Å². The van der Waals surface area contributed by atoms with E-state index in [4.69, 9.17) is 16.0 Å². The summed E-state index contributed by atoms with van der Waals surface area (Å²) in [5, 5.41) is 5.04. The van der Waals surface area contributed by atoms with Crippen molar-refractivity contribution in [1.29, 1.82) is 0 Å². The molecule has 0 unspecified atom stereocenters. The van der Waals surface area contributed by atoms with Gasteiger partial charge < -0.3 is 9.73 Å². The van der Waals surface area contributed by atoms with Gasteiger partial charge in [0.1, 0.15) is 5.76 Å². The molecule has 1 aromatic heterocycles. The number of benzene rings is 1. The van der Waals surface area contributed by atoms with Crippen molar-refractivity contribution in [2.75, 3.05) is 7.05 Å². The van der Waals surface area contributed by atoms with Gasteiger partial charge in [0.25, 0.3) is 0 Å². The van der Waals surface area contributed by atoms with Gasteiger partial charge in [-0.1, -0.05) is 31.0 Å². The van der Waals surface area contributed by atoms with Gasteiger partial charge in [0.2, 0.25) is 0 Å². The van der Waals surface area contributed by atoms with Crippen LogP contribution in [0.25, 0.3) is 11.0 Å². The van der Waals surface area contributed by atoms with Crippen LogP contribution in [0, 0.1) is 6.92 Å². The Labute approximate surface area is 107 Å². The summed E-state index contributed by atoms with van der Waals surface area (Å²) in [6, 6.07) is 3.96. The smallest absolute Gasteiger partial charge is 0.153 e. The Morgan fingerprint density at radius 2 is 2.12 bits per heavy atom. The molecular weight excluding hydrogens is 234 g/mol. The van der Waals surface area contributed by atoms with Gasteiger partial charge in [-0.2, -0.15) is 0 Å². The monoisotopic (exact) mass is 251 g/mol. The number of fused-ring (bicyclic) bond motifs is 1. The summed E-state index contributed by atoms with van der Waals surface area (Å²) in [7, 11) is 1.93. The highest BCUT2D eigenvalue weighted by molar-refractivity contribution is 6.35. The number of furan rings is 1. The standard InChI is InChI=1S/C14H18ClNO/c1-4-5-10-12(8-16-3)17-14-11(15)7-6-9(2)13(10)14/h6-7,16H,4-5,8H2,1-3H3. The van der Waals surface area contributed by atoms with Crippen molar-refractivity contribution in [3.63, 3.8) is 0 Å². The molecule has 1 aromatic carbocycles. The van der Waals surface area contributed by atoms with E-state index >= 15 is 0 Å². The molecule has 0 fully saturated rings. The second-order valence-corrected chi connectivity index (χ2v) is 4.76. The number of halogens is 1. The molecular formula is C14H18ClNO. The van der Waals surface area contributed by atoms with E-state index in [2.05, 4.69) is 25.2 Å². The van der Waals surface area contributed by atoms with E-state index in [1.54, 1.807) is 0 Å². The summed E-state index contributed by atoms with van der Waals surface area (Å²) in [4.78, 5) is 0. The Morgan fingerprint density at radius 1 is 1.35 bits per heavy atom. The lowest BCUT2D eigenvalue weighted by atomic mass is 10.0. The van der Waals surface area contributed by atoms with Crippen molar-refractivity contribution >= 4 is 22.6 Å². The summed E-state index contributed by atoms with van der Waals surface area (Å²) in [5.41, 5.74) is 3.37. The Bertz CT molecular complexity index is 530. The van der Waals surface area contributed by atoms with Crippen LogP contribution in [0.1, 0.15) is 30.2 Å². The first kappa shape index (κ1) is 12.5. The molecule has 3 heteroatoms. The molecule has 0 atom stereocenters. The third kappa shape index (κ3) is 2.20. The maximum Gasteiger partial charge on any atom is 0.153 e. The van der Waals surface area contributed by atoms with Crippen molar-refractivity contribution in [2.24, 2.45) is 0 Å². The van der Waals surface area contributed by atoms with Crippen LogP contribution in [0.5, 0.6) is 0 Å². The third-order valence-corrected chi connectivity index (χ3v) is 3.32. The number of nitrogens with one attached hydrogen (secondary N) is 1. The Kier molecular flexibility index (Phi) is 3.75. The minimum atomic E-state index is 0.699. The maximum absolute atomic E-state index is 6.20. The first-order valence-corrected chi connectivity index (χ1v) is 6.40. The van der Waals surface area contributed by atoms with Gasteiger partial charge >= 0.3 is 0 Å². The quantitative estimate of drug-likeness (QED) is 0.886. The van der Waals surface area contributed by atoms with Crippen LogP contribution < -0.4 is 5.32 Å². The van der Waals surface area contributed by atoms with Crippen molar-refractivity contribution in [3.05, 3.63) is 34.0 Å². The van der Waals surface area contributed by atoms with E-state index < -0.39 is 0 Å². The van der Waals surface area contributed by atoms with Crippen molar-refractivity contribution in [2.45, 2.75) is 33.2 Å². The molecule has 17 heavy (non-hydrogen) atoms. The summed E-state index contributed by atoms with van der Waals surface area (Å²) < 4.78 is 5.91. The van der Waals surface area contributed by atoms with Crippen molar-refractivity contribution < 1.29 is 4.42 Å². The van der Waals surface area contributed by atoms with E-state index in [-0.39, 0.29) is 0 Å². The number of aryl methyl sites for hydroxylation is 2. The molecule has 0 amide bonds. The molecule has 2 aromatic rings. The van der Waals surface area contributed by atoms with E-state index in [0.29, 0.717) is 5.02 Å². The predicted octanol–water partition coefficient (Wildman–Crippen LogP) is 4.07. The zero-order chi connectivity index (χ0) is 12.4. The Hall–Kier alpha value is -0.990. The second kappa shape index (κ2) is 5.11. The van der Waals surface area contributed by atoms with Gasteiger partial charge in [-0.3, -0.25) is 0 Å². The summed E-state index contributed by atoms with van der Waals surface area (Å²) >= 11 is 6.20. The number of hydrogen-bond donors (Lipinski definition) is 1. The van der Waals surface area contributed by atoms with Gasteiger partial charge in [-0.25, -0.2) is 0 Å². The van der Waals surface area contributed by atoms with Gasteiger partial charge in [-0.05, 0) is 32.0 Å². The highest BCUT2D eigenvalue weighted by atomic mass is 35.5. The molecule has 1 N–H and O–H groups in total. The van der Waals surface area contributed by atoms with E-state index in [1.807, 2.05) is 13.1 Å². The van der Waals surface area contributed by atoms with Crippen LogP contribution in [-0.2, 0) is 13.0 Å². The minimum absolute atomic E-state index is 0.699. The zero-order valence-corrected chi connectivity index (χ0v) is 11.3. The highest BCUT2D eigenvalue weighted by Gasteiger charge is 2.16. The maximum atomic E-state index is 6.20. The number of hydrogen-bond acceptors (Lipinski definition) is 2. The van der Waals surface area contributed by atoms with Crippen LogP contribution in [-0.4, -0.2) is 7.05 Å². The third-order valence-electron chi connectivity index (χ3n) is 3.02. The normalized spacial score (nSPS) is 11.3. The van der Waals surface area contributed by atoms with Crippen LogP contribution in [0.15, 0.2) is 16.5 Å². The first-order chi connectivity index (χ1) is 8.19. The first-order valence-electron chi connectivity index (χ1n) is 6.03.